The molecule has 0 aromatic carbocycles. The van der Waals surface area contributed by atoms with Gasteiger partial charge in [0.25, 0.3) is 0 Å². The number of amides is 1. The number of rotatable bonds is 6. The second-order valence-electron chi connectivity index (χ2n) is 5.91. The number of hydrogen-bond acceptors (Lipinski definition) is 6. The van der Waals surface area contributed by atoms with Crippen molar-refractivity contribution in [2.45, 2.75) is 32.4 Å². The molecule has 1 aromatic heterocycles. The van der Waals surface area contributed by atoms with Crippen LogP contribution in [0.25, 0.3) is 0 Å². The lowest BCUT2D eigenvalue weighted by Crippen LogP contribution is -2.56. The summed E-state index contributed by atoms with van der Waals surface area (Å²) in [5, 5.41) is 12.2. The first-order valence-electron chi connectivity index (χ1n) is 7.81. The Kier molecular flexibility index (Phi) is 6.31. The van der Waals surface area contributed by atoms with Crippen LogP contribution in [0.2, 0.25) is 0 Å². The van der Waals surface area contributed by atoms with E-state index in [0.29, 0.717) is 19.1 Å². The molecule has 0 radical (unpaired) electrons. The van der Waals surface area contributed by atoms with E-state index in [2.05, 4.69) is 21.7 Å². The fourth-order valence-electron chi connectivity index (χ4n) is 2.85. The van der Waals surface area contributed by atoms with Crippen molar-refractivity contribution in [3.63, 3.8) is 0 Å². The standard InChI is InChI=1S/C15H26N4O2S/c1-4-13-10-18(6-7-19(13)9-12(2)20)11-14(21)17(3)15-16-5-8-22-15/h5,8,12-13,20H,4,6-7,9-11H2,1-3H3/t12-,13-/m1/s1. The van der Waals surface area contributed by atoms with Gasteiger partial charge in [-0.25, -0.2) is 4.98 Å². The summed E-state index contributed by atoms with van der Waals surface area (Å²) in [7, 11) is 1.78. The maximum Gasteiger partial charge on any atom is 0.242 e. The van der Waals surface area contributed by atoms with Crippen LogP contribution in [-0.2, 0) is 4.79 Å². The van der Waals surface area contributed by atoms with Crippen LogP contribution < -0.4 is 4.90 Å². The minimum Gasteiger partial charge on any atom is -0.392 e. The van der Waals surface area contributed by atoms with E-state index in [1.165, 1.54) is 11.3 Å². The van der Waals surface area contributed by atoms with Crippen molar-refractivity contribution in [1.82, 2.24) is 14.8 Å². The van der Waals surface area contributed by atoms with Crippen LogP contribution in [0.3, 0.4) is 0 Å². The Bertz CT molecular complexity index is 466. The number of carbonyl (C=O) groups is 1. The molecule has 1 saturated heterocycles. The predicted molar refractivity (Wildman–Crippen MR) is 89.3 cm³/mol. The first-order valence-corrected chi connectivity index (χ1v) is 8.69. The number of β-amino-alcohol motifs (C(OH)–C–C–N with tert-alkyl or cyclic N) is 1. The number of anilines is 1. The highest BCUT2D eigenvalue weighted by atomic mass is 32.1. The quantitative estimate of drug-likeness (QED) is 0.841. The first kappa shape index (κ1) is 17.3. The molecule has 6 nitrogen and oxygen atoms in total. The van der Waals surface area contributed by atoms with Gasteiger partial charge in [-0.05, 0) is 13.3 Å². The van der Waals surface area contributed by atoms with Gasteiger partial charge in [0.15, 0.2) is 5.13 Å². The monoisotopic (exact) mass is 326 g/mol. The van der Waals surface area contributed by atoms with Crippen molar-refractivity contribution in [2.75, 3.05) is 44.7 Å². The van der Waals surface area contributed by atoms with Crippen LogP contribution in [0.1, 0.15) is 20.3 Å². The van der Waals surface area contributed by atoms with Crippen LogP contribution in [0, 0.1) is 0 Å². The summed E-state index contributed by atoms with van der Waals surface area (Å²) < 4.78 is 0. The van der Waals surface area contributed by atoms with Crippen molar-refractivity contribution in [3.8, 4) is 0 Å². The molecule has 22 heavy (non-hydrogen) atoms. The molecule has 2 atom stereocenters. The second-order valence-corrected chi connectivity index (χ2v) is 6.78. The average Bonchev–Trinajstić information content (AvgIpc) is 3.01. The molecule has 0 aliphatic carbocycles. The molecular weight excluding hydrogens is 300 g/mol. The minimum atomic E-state index is -0.307. The van der Waals surface area contributed by atoms with E-state index >= 15 is 0 Å². The van der Waals surface area contributed by atoms with Crippen molar-refractivity contribution in [3.05, 3.63) is 11.6 Å². The Morgan fingerprint density at radius 1 is 1.59 bits per heavy atom. The Morgan fingerprint density at radius 2 is 2.36 bits per heavy atom. The van der Waals surface area contributed by atoms with Gasteiger partial charge in [-0.2, -0.15) is 0 Å². The fraction of sp³-hybridized carbons (Fsp3) is 0.733. The number of nitrogens with zero attached hydrogens (tertiary/aromatic N) is 4. The van der Waals surface area contributed by atoms with Gasteiger partial charge in [-0.3, -0.25) is 19.5 Å². The molecule has 1 fully saturated rings. The summed E-state index contributed by atoms with van der Waals surface area (Å²) in [5.74, 6) is 0.0776. The van der Waals surface area contributed by atoms with Gasteiger partial charge in [-0.1, -0.05) is 6.92 Å². The van der Waals surface area contributed by atoms with Crippen molar-refractivity contribution in [1.29, 1.82) is 0 Å². The van der Waals surface area contributed by atoms with E-state index in [4.69, 9.17) is 0 Å². The van der Waals surface area contributed by atoms with Gasteiger partial charge >= 0.3 is 0 Å². The predicted octanol–water partition coefficient (Wildman–Crippen LogP) is 0.883. The smallest absolute Gasteiger partial charge is 0.242 e. The van der Waals surface area contributed by atoms with Gasteiger partial charge in [0.05, 0.1) is 12.6 Å². The van der Waals surface area contributed by atoms with E-state index < -0.39 is 0 Å². The van der Waals surface area contributed by atoms with Gasteiger partial charge in [-0.15, -0.1) is 11.3 Å². The van der Waals surface area contributed by atoms with E-state index in [-0.39, 0.29) is 12.0 Å². The molecule has 0 bridgehead atoms. The Balaban J connectivity index is 1.88. The lowest BCUT2D eigenvalue weighted by Gasteiger charge is -2.41. The highest BCUT2D eigenvalue weighted by Crippen LogP contribution is 2.17. The summed E-state index contributed by atoms with van der Waals surface area (Å²) in [6.45, 7) is 7.76. The number of aromatic nitrogens is 1. The number of piperazine rings is 1. The molecule has 0 unspecified atom stereocenters. The maximum absolute atomic E-state index is 12.4. The molecular formula is C15H26N4O2S. The molecule has 1 N–H and O–H groups in total. The summed E-state index contributed by atoms with van der Waals surface area (Å²) in [4.78, 5) is 22.7. The SMILES string of the molecule is CC[C@@H]1CN(CC(=O)N(C)c2nccs2)CCN1C[C@@H](C)O. The van der Waals surface area contributed by atoms with Gasteiger partial charge in [0.1, 0.15) is 0 Å². The van der Waals surface area contributed by atoms with Crippen LogP contribution in [0.15, 0.2) is 11.6 Å². The molecule has 0 saturated carbocycles. The Labute approximate surface area is 136 Å². The van der Waals surface area contributed by atoms with Crippen LogP contribution in [0.5, 0.6) is 0 Å². The molecule has 2 rings (SSSR count). The molecule has 2 heterocycles. The Hall–Kier alpha value is -1.02. The number of likely N-dealkylation sites (N-methyl/N-ethyl adjacent to an activating group) is 1. The summed E-state index contributed by atoms with van der Waals surface area (Å²) >= 11 is 1.47. The van der Waals surface area contributed by atoms with Crippen molar-refractivity contribution in [2.24, 2.45) is 0 Å². The second kappa shape index (κ2) is 8.01. The first-order chi connectivity index (χ1) is 10.5. The highest BCUT2D eigenvalue weighted by molar-refractivity contribution is 7.13. The molecule has 1 aromatic rings. The molecule has 1 aliphatic rings. The van der Waals surface area contributed by atoms with Gasteiger partial charge < -0.3 is 5.11 Å². The normalized spacial score (nSPS) is 21.7. The van der Waals surface area contributed by atoms with Crippen LogP contribution in [-0.4, -0.2) is 77.7 Å². The molecule has 7 heteroatoms. The van der Waals surface area contributed by atoms with E-state index in [1.54, 1.807) is 18.1 Å². The van der Waals surface area contributed by atoms with E-state index in [0.717, 1.165) is 31.2 Å². The maximum atomic E-state index is 12.4. The van der Waals surface area contributed by atoms with Gasteiger partial charge in [0.2, 0.25) is 5.91 Å². The molecule has 1 amide bonds. The van der Waals surface area contributed by atoms with Gasteiger partial charge in [0, 0.05) is 50.8 Å². The number of thiazole rings is 1. The van der Waals surface area contributed by atoms with E-state index in [9.17, 15) is 9.90 Å². The third-order valence-electron chi connectivity index (χ3n) is 4.10. The number of carbonyl (C=O) groups excluding carboxylic acids is 1. The number of hydrogen-bond donors (Lipinski definition) is 1. The number of aliphatic hydroxyl groups excluding tert-OH is 1. The average molecular weight is 326 g/mol. The van der Waals surface area contributed by atoms with E-state index in [1.807, 2.05) is 12.3 Å². The third kappa shape index (κ3) is 4.49. The summed E-state index contributed by atoms with van der Waals surface area (Å²) in [5.41, 5.74) is 0. The minimum absolute atomic E-state index is 0.0776. The number of aliphatic hydroxyl groups is 1. The fourth-order valence-corrected chi connectivity index (χ4v) is 3.48. The van der Waals surface area contributed by atoms with Crippen molar-refractivity contribution >= 4 is 22.4 Å². The van der Waals surface area contributed by atoms with Crippen molar-refractivity contribution < 1.29 is 9.90 Å². The lowest BCUT2D eigenvalue weighted by molar-refractivity contribution is -0.120. The lowest BCUT2D eigenvalue weighted by atomic mass is 10.1. The zero-order valence-electron chi connectivity index (χ0n) is 13.6. The Morgan fingerprint density at radius 3 is 2.95 bits per heavy atom. The largest absolute Gasteiger partial charge is 0.392 e. The molecule has 1 aliphatic heterocycles. The summed E-state index contributed by atoms with van der Waals surface area (Å²) in [6, 6.07) is 0.404. The topological polar surface area (TPSA) is 59.9 Å². The zero-order valence-corrected chi connectivity index (χ0v) is 14.4. The van der Waals surface area contributed by atoms with Crippen LogP contribution >= 0.6 is 11.3 Å². The summed E-state index contributed by atoms with van der Waals surface area (Å²) in [6.07, 6.45) is 2.43. The third-order valence-corrected chi connectivity index (χ3v) is 4.95. The molecule has 0 spiro atoms. The van der Waals surface area contributed by atoms with Crippen LogP contribution in [0.4, 0.5) is 5.13 Å². The molecule has 124 valence electrons. The zero-order chi connectivity index (χ0) is 16.1. The highest BCUT2D eigenvalue weighted by Gasteiger charge is 2.28.